The van der Waals surface area contributed by atoms with Crippen molar-refractivity contribution in [1.82, 2.24) is 10.3 Å². The lowest BCUT2D eigenvalue weighted by atomic mass is 10.1. The zero-order valence-electron chi connectivity index (χ0n) is 12.1. The van der Waals surface area contributed by atoms with E-state index in [0.29, 0.717) is 11.9 Å². The van der Waals surface area contributed by atoms with Crippen molar-refractivity contribution in [1.29, 1.82) is 0 Å². The third-order valence-corrected chi connectivity index (χ3v) is 4.51. The minimum atomic E-state index is 0.400. The first kappa shape index (κ1) is 16.1. The summed E-state index contributed by atoms with van der Waals surface area (Å²) in [5, 5.41) is 4.30. The van der Waals surface area contributed by atoms with Gasteiger partial charge in [0.25, 0.3) is 0 Å². The van der Waals surface area contributed by atoms with Crippen LogP contribution in [0.5, 0.6) is 0 Å². The molecule has 0 radical (unpaired) electrons. The Hall–Kier alpha value is -1.23. The fourth-order valence-electron chi connectivity index (χ4n) is 2.11. The number of thioether (sulfide) groups is 1. The van der Waals surface area contributed by atoms with Gasteiger partial charge in [-0.3, -0.25) is 0 Å². The molecule has 0 fully saturated rings. The van der Waals surface area contributed by atoms with Gasteiger partial charge in [0.05, 0.1) is 0 Å². The summed E-state index contributed by atoms with van der Waals surface area (Å²) in [6, 6.07) is 12.3. The number of hydrogen-bond acceptors (Lipinski definition) is 4. The molecule has 1 aromatic carbocycles. The van der Waals surface area contributed by atoms with E-state index >= 15 is 0 Å². The van der Waals surface area contributed by atoms with Gasteiger partial charge < -0.3 is 11.1 Å². The number of rotatable bonds is 7. The lowest BCUT2D eigenvalue weighted by molar-refractivity contribution is 0.572. The maximum atomic E-state index is 5.91. The SMILES string of the molecule is CCNC(CSc1ccc(Cl)cc1)Cc1ccnc(N)c1. The van der Waals surface area contributed by atoms with Gasteiger partial charge in [0.15, 0.2) is 0 Å². The highest BCUT2D eigenvalue weighted by molar-refractivity contribution is 7.99. The molecule has 1 atom stereocenters. The van der Waals surface area contributed by atoms with E-state index in [1.54, 1.807) is 6.20 Å². The van der Waals surface area contributed by atoms with Gasteiger partial charge in [-0.1, -0.05) is 18.5 Å². The molecular formula is C16H20ClN3S. The summed E-state index contributed by atoms with van der Waals surface area (Å²) in [6.45, 7) is 3.08. The Bertz CT molecular complexity index is 560. The third kappa shape index (κ3) is 5.58. The van der Waals surface area contributed by atoms with Crippen LogP contribution in [0.1, 0.15) is 12.5 Å². The van der Waals surface area contributed by atoms with Crippen molar-refractivity contribution in [2.75, 3.05) is 18.0 Å². The summed E-state index contributed by atoms with van der Waals surface area (Å²) in [4.78, 5) is 5.27. The molecule has 1 unspecified atom stereocenters. The molecule has 0 aliphatic rings. The van der Waals surface area contributed by atoms with Gasteiger partial charge in [-0.2, -0.15) is 0 Å². The quantitative estimate of drug-likeness (QED) is 0.765. The number of benzene rings is 1. The summed E-state index contributed by atoms with van der Waals surface area (Å²) < 4.78 is 0. The number of halogens is 1. The van der Waals surface area contributed by atoms with Crippen LogP contribution in [-0.4, -0.2) is 23.3 Å². The van der Waals surface area contributed by atoms with Crippen molar-refractivity contribution >= 4 is 29.2 Å². The summed E-state index contributed by atoms with van der Waals surface area (Å²) >= 11 is 7.74. The monoisotopic (exact) mass is 321 g/mol. The maximum Gasteiger partial charge on any atom is 0.123 e. The molecule has 3 N–H and O–H groups in total. The fraction of sp³-hybridized carbons (Fsp3) is 0.312. The number of nitrogens with zero attached hydrogens (tertiary/aromatic N) is 1. The topological polar surface area (TPSA) is 50.9 Å². The Kier molecular flexibility index (Phi) is 6.36. The number of nitrogens with two attached hydrogens (primary N) is 1. The average Bonchev–Trinajstić information content (AvgIpc) is 2.47. The molecule has 1 aromatic heterocycles. The van der Waals surface area contributed by atoms with Gasteiger partial charge in [0.2, 0.25) is 0 Å². The Morgan fingerprint density at radius 1 is 1.29 bits per heavy atom. The first-order valence-corrected chi connectivity index (χ1v) is 8.36. The van der Waals surface area contributed by atoms with E-state index in [1.807, 2.05) is 36.0 Å². The Morgan fingerprint density at radius 2 is 2.05 bits per heavy atom. The van der Waals surface area contributed by atoms with Gasteiger partial charge in [0, 0.05) is 27.9 Å². The number of nitrogens with one attached hydrogen (secondary N) is 1. The highest BCUT2D eigenvalue weighted by Crippen LogP contribution is 2.22. The number of aromatic nitrogens is 1. The van der Waals surface area contributed by atoms with Crippen LogP contribution in [0.2, 0.25) is 5.02 Å². The molecule has 0 aliphatic carbocycles. The molecule has 1 heterocycles. The van der Waals surface area contributed by atoms with Gasteiger partial charge >= 0.3 is 0 Å². The van der Waals surface area contributed by atoms with E-state index in [9.17, 15) is 0 Å². The van der Waals surface area contributed by atoms with E-state index in [4.69, 9.17) is 17.3 Å². The van der Waals surface area contributed by atoms with E-state index < -0.39 is 0 Å². The van der Waals surface area contributed by atoms with Gasteiger partial charge in [0.1, 0.15) is 5.82 Å². The van der Waals surface area contributed by atoms with E-state index in [1.165, 1.54) is 10.5 Å². The Labute approximate surface area is 135 Å². The van der Waals surface area contributed by atoms with Crippen LogP contribution in [-0.2, 0) is 6.42 Å². The van der Waals surface area contributed by atoms with Crippen molar-refractivity contribution in [3.8, 4) is 0 Å². The smallest absolute Gasteiger partial charge is 0.123 e. The molecule has 0 saturated heterocycles. The molecule has 2 aromatic rings. The largest absolute Gasteiger partial charge is 0.384 e. The van der Waals surface area contributed by atoms with Crippen LogP contribution in [0, 0.1) is 0 Å². The van der Waals surface area contributed by atoms with Crippen molar-refractivity contribution in [2.45, 2.75) is 24.3 Å². The molecule has 5 heteroatoms. The normalized spacial score (nSPS) is 12.3. The summed E-state index contributed by atoms with van der Waals surface area (Å²) in [5.41, 5.74) is 6.95. The first-order valence-electron chi connectivity index (χ1n) is 6.99. The lowest BCUT2D eigenvalue weighted by Gasteiger charge is -2.17. The van der Waals surface area contributed by atoms with Crippen molar-refractivity contribution in [3.05, 3.63) is 53.2 Å². The van der Waals surface area contributed by atoms with Crippen LogP contribution >= 0.6 is 23.4 Å². The van der Waals surface area contributed by atoms with E-state index in [2.05, 4.69) is 29.4 Å². The van der Waals surface area contributed by atoms with Crippen molar-refractivity contribution in [2.24, 2.45) is 0 Å². The Morgan fingerprint density at radius 3 is 2.71 bits per heavy atom. The zero-order valence-corrected chi connectivity index (χ0v) is 13.6. The second-order valence-electron chi connectivity index (χ2n) is 4.81. The predicted octanol–water partition coefficient (Wildman–Crippen LogP) is 3.63. The molecule has 0 spiro atoms. The number of anilines is 1. The molecule has 0 amide bonds. The standard InChI is InChI=1S/C16H20ClN3S/c1-2-19-14(9-12-7-8-20-16(18)10-12)11-21-15-5-3-13(17)4-6-15/h3-8,10,14,19H,2,9,11H2,1H3,(H2,18,20). The van der Waals surface area contributed by atoms with Gasteiger partial charge in [-0.25, -0.2) is 4.98 Å². The highest BCUT2D eigenvalue weighted by Gasteiger charge is 2.09. The van der Waals surface area contributed by atoms with Gasteiger partial charge in [-0.05, 0) is 54.9 Å². The van der Waals surface area contributed by atoms with Crippen LogP contribution in [0.25, 0.3) is 0 Å². The molecule has 0 bridgehead atoms. The fourth-order valence-corrected chi connectivity index (χ4v) is 3.20. The van der Waals surface area contributed by atoms with Gasteiger partial charge in [-0.15, -0.1) is 11.8 Å². The van der Waals surface area contributed by atoms with Crippen molar-refractivity contribution in [3.63, 3.8) is 0 Å². The average molecular weight is 322 g/mol. The minimum absolute atomic E-state index is 0.400. The number of likely N-dealkylation sites (N-methyl/N-ethyl adjacent to an activating group) is 1. The number of hydrogen-bond donors (Lipinski definition) is 2. The maximum absolute atomic E-state index is 5.91. The number of pyridine rings is 1. The van der Waals surface area contributed by atoms with E-state index in [-0.39, 0.29) is 0 Å². The third-order valence-electron chi connectivity index (χ3n) is 3.09. The summed E-state index contributed by atoms with van der Waals surface area (Å²) in [5.74, 6) is 1.57. The minimum Gasteiger partial charge on any atom is -0.384 e. The lowest BCUT2D eigenvalue weighted by Crippen LogP contribution is -2.33. The molecule has 0 aliphatic heterocycles. The van der Waals surface area contributed by atoms with Crippen molar-refractivity contribution < 1.29 is 0 Å². The first-order chi connectivity index (χ1) is 10.2. The second kappa shape index (κ2) is 8.27. The highest BCUT2D eigenvalue weighted by atomic mass is 35.5. The number of nitrogen functional groups attached to an aromatic ring is 1. The predicted molar refractivity (Wildman–Crippen MR) is 92.0 cm³/mol. The molecule has 3 nitrogen and oxygen atoms in total. The van der Waals surface area contributed by atoms with E-state index in [0.717, 1.165) is 23.7 Å². The second-order valence-corrected chi connectivity index (χ2v) is 6.34. The summed E-state index contributed by atoms with van der Waals surface area (Å²) in [6.07, 6.45) is 2.71. The van der Waals surface area contributed by atoms with Crippen LogP contribution in [0.4, 0.5) is 5.82 Å². The van der Waals surface area contributed by atoms with Crippen LogP contribution < -0.4 is 11.1 Å². The Balaban J connectivity index is 1.93. The van der Waals surface area contributed by atoms with Crippen LogP contribution in [0.15, 0.2) is 47.5 Å². The molecule has 2 rings (SSSR count). The van der Waals surface area contributed by atoms with Crippen LogP contribution in [0.3, 0.4) is 0 Å². The molecular weight excluding hydrogens is 302 g/mol. The molecule has 112 valence electrons. The zero-order chi connectivity index (χ0) is 15.1. The molecule has 21 heavy (non-hydrogen) atoms. The molecule has 0 saturated carbocycles. The summed E-state index contributed by atoms with van der Waals surface area (Å²) in [7, 11) is 0.